The van der Waals surface area contributed by atoms with Gasteiger partial charge in [0.15, 0.2) is 0 Å². The highest BCUT2D eigenvalue weighted by atomic mass is 19.1. The summed E-state index contributed by atoms with van der Waals surface area (Å²) in [6.45, 7) is 1.71. The fourth-order valence-corrected chi connectivity index (χ4v) is 4.13. The molecule has 1 aliphatic heterocycles. The van der Waals surface area contributed by atoms with E-state index in [2.05, 4.69) is 36.4 Å². The number of aromatic nitrogens is 3. The van der Waals surface area contributed by atoms with Gasteiger partial charge in [-0.3, -0.25) is 19.7 Å². The zero-order chi connectivity index (χ0) is 25.9. The molecule has 37 heavy (non-hydrogen) atoms. The molecule has 0 saturated carbocycles. The van der Waals surface area contributed by atoms with Gasteiger partial charge >= 0.3 is 6.03 Å². The van der Waals surface area contributed by atoms with Crippen LogP contribution in [0.25, 0.3) is 10.9 Å². The van der Waals surface area contributed by atoms with Gasteiger partial charge in [-0.2, -0.15) is 5.10 Å². The van der Waals surface area contributed by atoms with Crippen LogP contribution in [-0.2, 0) is 11.3 Å². The molecule has 1 atom stereocenters. The molecule has 10 nitrogen and oxygen atoms in total. The van der Waals surface area contributed by atoms with Crippen molar-refractivity contribution < 1.29 is 18.8 Å². The number of urea groups is 1. The predicted octanol–water partition coefficient (Wildman–Crippen LogP) is 3.29. The summed E-state index contributed by atoms with van der Waals surface area (Å²) in [6.07, 6.45) is 3.23. The Morgan fingerprint density at radius 3 is 2.76 bits per heavy atom. The van der Waals surface area contributed by atoms with Crippen LogP contribution >= 0.6 is 0 Å². The van der Waals surface area contributed by atoms with Crippen LogP contribution in [0, 0.1) is 5.82 Å². The predicted molar refractivity (Wildman–Crippen MR) is 134 cm³/mol. The van der Waals surface area contributed by atoms with Crippen LogP contribution in [0.1, 0.15) is 34.6 Å². The number of H-pyrrole nitrogens is 1. The number of carbonyl (C=O) groups is 3. The van der Waals surface area contributed by atoms with Gasteiger partial charge in [-0.1, -0.05) is 12.1 Å². The zero-order valence-electron chi connectivity index (χ0n) is 19.6. The monoisotopic (exact) mass is 499 g/mol. The largest absolute Gasteiger partial charge is 0.346 e. The van der Waals surface area contributed by atoms with Crippen molar-refractivity contribution in [1.82, 2.24) is 31.1 Å². The minimum Gasteiger partial charge on any atom is -0.346 e. The minimum atomic E-state index is -0.922. The standard InChI is InChI=1S/C26H22FN7O3/c1-14-22(25(36)32-17-6-8-21-16(10-17)12-30-34-21)23(33-26(37)31-14)15-5-7-20(27)19(11-15)24(35)29-13-18-4-2-3-9-28-18/h2-12,23H,13H2,1H3,(H,29,35)(H,30,34)(H,32,36)(H2,31,33,37)/t23-/m0/s1. The summed E-state index contributed by atoms with van der Waals surface area (Å²) in [5.74, 6) is -1.85. The number of fused-ring (bicyclic) bond motifs is 1. The quantitative estimate of drug-likeness (QED) is 0.277. The van der Waals surface area contributed by atoms with E-state index in [1.165, 1.54) is 12.1 Å². The number of aromatic amines is 1. The van der Waals surface area contributed by atoms with Gasteiger partial charge in [0.05, 0.1) is 41.1 Å². The van der Waals surface area contributed by atoms with E-state index in [1.807, 2.05) is 0 Å². The Bertz CT molecular complexity index is 1550. The van der Waals surface area contributed by atoms with Gasteiger partial charge in [0, 0.05) is 23.0 Å². The summed E-state index contributed by atoms with van der Waals surface area (Å²) in [7, 11) is 0. The summed E-state index contributed by atoms with van der Waals surface area (Å²) in [6, 6.07) is 13.0. The molecule has 186 valence electrons. The Kier molecular flexibility index (Phi) is 6.33. The topological polar surface area (TPSA) is 141 Å². The normalized spacial score (nSPS) is 15.2. The van der Waals surface area contributed by atoms with Gasteiger partial charge in [-0.15, -0.1) is 0 Å². The van der Waals surface area contributed by atoms with Crippen LogP contribution in [0.15, 0.2) is 78.3 Å². The lowest BCUT2D eigenvalue weighted by Crippen LogP contribution is -2.46. The van der Waals surface area contributed by atoms with Crippen LogP contribution in [0.5, 0.6) is 0 Å². The van der Waals surface area contributed by atoms with Crippen molar-refractivity contribution in [1.29, 1.82) is 0 Å². The first-order valence-corrected chi connectivity index (χ1v) is 11.4. The lowest BCUT2D eigenvalue weighted by molar-refractivity contribution is -0.113. The molecule has 5 N–H and O–H groups in total. The fourth-order valence-electron chi connectivity index (χ4n) is 4.13. The van der Waals surface area contributed by atoms with E-state index in [4.69, 9.17) is 0 Å². The van der Waals surface area contributed by atoms with Crippen molar-refractivity contribution in [2.45, 2.75) is 19.5 Å². The molecule has 11 heteroatoms. The molecule has 0 bridgehead atoms. The highest BCUT2D eigenvalue weighted by molar-refractivity contribution is 6.07. The molecular weight excluding hydrogens is 477 g/mol. The number of pyridine rings is 1. The van der Waals surface area contributed by atoms with Crippen molar-refractivity contribution in [2.24, 2.45) is 0 Å². The number of rotatable bonds is 6. The summed E-state index contributed by atoms with van der Waals surface area (Å²) in [5.41, 5.74) is 2.67. The van der Waals surface area contributed by atoms with Gasteiger partial charge in [-0.25, -0.2) is 9.18 Å². The Morgan fingerprint density at radius 1 is 1.08 bits per heavy atom. The first kappa shape index (κ1) is 23.7. The molecule has 4 amide bonds. The molecular formula is C26H22FN7O3. The number of carbonyl (C=O) groups excluding carboxylic acids is 3. The molecule has 1 aliphatic rings. The van der Waals surface area contributed by atoms with E-state index in [-0.39, 0.29) is 17.7 Å². The van der Waals surface area contributed by atoms with Crippen LogP contribution < -0.4 is 21.3 Å². The molecule has 3 heterocycles. The van der Waals surface area contributed by atoms with E-state index in [9.17, 15) is 18.8 Å². The van der Waals surface area contributed by atoms with Gasteiger partial charge in [-0.05, 0) is 55.0 Å². The maximum absolute atomic E-state index is 14.6. The Balaban J connectivity index is 1.41. The Labute approximate surface area is 210 Å². The van der Waals surface area contributed by atoms with Gasteiger partial charge in [0.2, 0.25) is 0 Å². The van der Waals surface area contributed by atoms with Crippen LogP contribution in [0.4, 0.5) is 14.9 Å². The minimum absolute atomic E-state index is 0.112. The third-order valence-corrected chi connectivity index (χ3v) is 5.94. The molecule has 2 aromatic heterocycles. The molecule has 0 saturated heterocycles. The van der Waals surface area contributed by atoms with Crippen LogP contribution in [-0.4, -0.2) is 33.0 Å². The molecule has 0 unspecified atom stereocenters. The van der Waals surface area contributed by atoms with Gasteiger partial charge in [0.1, 0.15) is 5.82 Å². The number of hydrogen-bond donors (Lipinski definition) is 5. The maximum atomic E-state index is 14.6. The number of anilines is 1. The van der Waals surface area contributed by atoms with Crippen LogP contribution in [0.2, 0.25) is 0 Å². The zero-order valence-corrected chi connectivity index (χ0v) is 19.6. The third-order valence-electron chi connectivity index (χ3n) is 5.94. The maximum Gasteiger partial charge on any atom is 0.319 e. The highest BCUT2D eigenvalue weighted by Gasteiger charge is 2.32. The molecule has 0 fully saturated rings. The lowest BCUT2D eigenvalue weighted by Gasteiger charge is -2.29. The Hall–Kier alpha value is -5.06. The summed E-state index contributed by atoms with van der Waals surface area (Å²) in [5, 5.41) is 18.4. The third kappa shape index (κ3) is 5.01. The summed E-state index contributed by atoms with van der Waals surface area (Å²) in [4.78, 5) is 42.5. The molecule has 5 rings (SSSR count). The van der Waals surface area contributed by atoms with E-state index in [0.29, 0.717) is 22.6 Å². The van der Waals surface area contributed by atoms with Gasteiger partial charge < -0.3 is 21.3 Å². The van der Waals surface area contributed by atoms with E-state index < -0.39 is 29.7 Å². The number of allylic oxidation sites excluding steroid dienone is 1. The first-order valence-electron chi connectivity index (χ1n) is 11.4. The number of amides is 4. The van der Waals surface area contributed by atoms with Crippen LogP contribution in [0.3, 0.4) is 0 Å². The van der Waals surface area contributed by atoms with Crippen molar-refractivity contribution in [3.8, 4) is 0 Å². The smallest absolute Gasteiger partial charge is 0.319 e. The second kappa shape index (κ2) is 9.90. The SMILES string of the molecule is CC1=C(C(=O)Nc2ccc3[nH]ncc3c2)[C@H](c2ccc(F)c(C(=O)NCc3ccccn3)c2)NC(=O)N1. The number of halogens is 1. The Morgan fingerprint density at radius 2 is 1.95 bits per heavy atom. The second-order valence-corrected chi connectivity index (χ2v) is 8.44. The molecule has 4 aromatic rings. The van der Waals surface area contributed by atoms with Crippen molar-refractivity contribution in [3.05, 3.63) is 101 Å². The lowest BCUT2D eigenvalue weighted by atomic mass is 9.93. The molecule has 0 aliphatic carbocycles. The summed E-state index contributed by atoms with van der Waals surface area (Å²) < 4.78 is 14.6. The number of nitrogens with zero attached hydrogens (tertiary/aromatic N) is 2. The van der Waals surface area contributed by atoms with E-state index >= 15 is 0 Å². The molecule has 0 radical (unpaired) electrons. The average Bonchev–Trinajstić information content (AvgIpc) is 3.35. The summed E-state index contributed by atoms with van der Waals surface area (Å²) >= 11 is 0. The van der Waals surface area contributed by atoms with Crippen molar-refractivity contribution in [3.63, 3.8) is 0 Å². The average molecular weight is 500 g/mol. The molecule has 0 spiro atoms. The van der Waals surface area contributed by atoms with E-state index in [1.54, 1.807) is 55.7 Å². The second-order valence-electron chi connectivity index (χ2n) is 8.44. The number of hydrogen-bond acceptors (Lipinski definition) is 5. The first-order chi connectivity index (χ1) is 17.9. The molecule has 2 aromatic carbocycles. The van der Waals surface area contributed by atoms with Gasteiger partial charge in [0.25, 0.3) is 11.8 Å². The fraction of sp³-hybridized carbons (Fsp3) is 0.115. The number of benzene rings is 2. The highest BCUT2D eigenvalue weighted by Crippen LogP contribution is 2.29. The van der Waals surface area contributed by atoms with Crippen molar-refractivity contribution >= 4 is 34.4 Å². The van der Waals surface area contributed by atoms with E-state index in [0.717, 1.165) is 17.0 Å². The number of nitrogens with one attached hydrogen (secondary N) is 5. The van der Waals surface area contributed by atoms with Crippen molar-refractivity contribution in [2.75, 3.05) is 5.32 Å².